The SMILES string of the molecule is COc1ccc2c(c1)OC(O)C2=O. The molecule has 0 aromatic heterocycles. The first-order valence-electron chi connectivity index (χ1n) is 3.79. The van der Waals surface area contributed by atoms with Gasteiger partial charge in [0.15, 0.2) is 0 Å². The summed E-state index contributed by atoms with van der Waals surface area (Å²) in [6.07, 6.45) is -1.36. The fourth-order valence-electron chi connectivity index (χ4n) is 1.24. The minimum atomic E-state index is -1.36. The summed E-state index contributed by atoms with van der Waals surface area (Å²) in [5.41, 5.74) is 0.397. The molecule has 0 saturated heterocycles. The monoisotopic (exact) mass is 180 g/mol. The lowest BCUT2D eigenvalue weighted by Gasteiger charge is -2.01. The van der Waals surface area contributed by atoms with E-state index >= 15 is 0 Å². The van der Waals surface area contributed by atoms with Crippen LogP contribution in [0.4, 0.5) is 0 Å². The third-order valence-corrected chi connectivity index (χ3v) is 1.92. The smallest absolute Gasteiger partial charge is 0.262 e. The maximum Gasteiger partial charge on any atom is 0.262 e. The molecule has 0 spiro atoms. The third-order valence-electron chi connectivity index (χ3n) is 1.92. The fraction of sp³-hybridized carbons (Fsp3) is 0.222. The molecule has 1 unspecified atom stereocenters. The minimum Gasteiger partial charge on any atom is -0.497 e. The Balaban J connectivity index is 2.46. The molecule has 0 radical (unpaired) electrons. The molecule has 4 heteroatoms. The maximum absolute atomic E-state index is 11.2. The van der Waals surface area contributed by atoms with Gasteiger partial charge >= 0.3 is 0 Å². The van der Waals surface area contributed by atoms with Crippen molar-refractivity contribution in [3.8, 4) is 11.5 Å². The number of ketones is 1. The number of hydrogen-bond donors (Lipinski definition) is 1. The molecule has 1 atom stereocenters. The standard InChI is InChI=1S/C9H8O4/c1-12-5-2-3-6-7(4-5)13-9(11)8(6)10/h2-4,9,11H,1H3. The van der Waals surface area contributed by atoms with E-state index < -0.39 is 12.1 Å². The Bertz CT molecular complexity index is 359. The van der Waals surface area contributed by atoms with Crippen LogP contribution < -0.4 is 9.47 Å². The first kappa shape index (κ1) is 8.07. The van der Waals surface area contributed by atoms with Crippen LogP contribution in [0.5, 0.6) is 11.5 Å². The van der Waals surface area contributed by atoms with E-state index in [4.69, 9.17) is 14.6 Å². The van der Waals surface area contributed by atoms with E-state index in [1.54, 1.807) is 18.2 Å². The summed E-state index contributed by atoms with van der Waals surface area (Å²) < 4.78 is 9.82. The molecule has 0 bridgehead atoms. The normalized spacial score (nSPS) is 19.5. The molecule has 1 aliphatic heterocycles. The van der Waals surface area contributed by atoms with Crippen LogP contribution in [0.25, 0.3) is 0 Å². The number of Topliss-reactive ketones (excluding diaryl/α,β-unsaturated/α-hetero) is 1. The highest BCUT2D eigenvalue weighted by molar-refractivity contribution is 6.03. The topological polar surface area (TPSA) is 55.8 Å². The highest BCUT2D eigenvalue weighted by Crippen LogP contribution is 2.31. The Morgan fingerprint density at radius 2 is 2.31 bits per heavy atom. The molecule has 0 amide bonds. The highest BCUT2D eigenvalue weighted by atomic mass is 16.6. The number of ether oxygens (including phenoxy) is 2. The number of aliphatic hydroxyl groups excluding tert-OH is 1. The van der Waals surface area contributed by atoms with Crippen molar-refractivity contribution in [2.75, 3.05) is 7.11 Å². The summed E-state index contributed by atoms with van der Waals surface area (Å²) >= 11 is 0. The van der Waals surface area contributed by atoms with Gasteiger partial charge in [0.1, 0.15) is 11.5 Å². The third kappa shape index (κ3) is 1.15. The van der Waals surface area contributed by atoms with E-state index in [-0.39, 0.29) is 0 Å². The van der Waals surface area contributed by atoms with Gasteiger partial charge in [-0.25, -0.2) is 0 Å². The van der Waals surface area contributed by atoms with Crippen molar-refractivity contribution in [1.82, 2.24) is 0 Å². The van der Waals surface area contributed by atoms with Crippen LogP contribution in [0.1, 0.15) is 10.4 Å². The predicted octanol–water partition coefficient (Wildman–Crippen LogP) is 0.589. The molecule has 68 valence electrons. The maximum atomic E-state index is 11.2. The average molecular weight is 180 g/mol. The first-order valence-corrected chi connectivity index (χ1v) is 3.79. The lowest BCUT2D eigenvalue weighted by Crippen LogP contribution is -2.18. The molecule has 0 aliphatic carbocycles. The van der Waals surface area contributed by atoms with Gasteiger partial charge in [-0.3, -0.25) is 4.79 Å². The molecule has 4 nitrogen and oxygen atoms in total. The number of carbonyl (C=O) groups is 1. The van der Waals surface area contributed by atoms with Gasteiger partial charge in [-0.05, 0) is 12.1 Å². The Labute approximate surface area is 74.7 Å². The van der Waals surface area contributed by atoms with Gasteiger partial charge in [0.05, 0.1) is 12.7 Å². The van der Waals surface area contributed by atoms with E-state index in [0.717, 1.165) is 0 Å². The Morgan fingerprint density at radius 3 is 3.00 bits per heavy atom. The Morgan fingerprint density at radius 1 is 1.54 bits per heavy atom. The van der Waals surface area contributed by atoms with Gasteiger partial charge in [0, 0.05) is 6.07 Å². The summed E-state index contributed by atoms with van der Waals surface area (Å²) in [7, 11) is 1.52. The zero-order valence-corrected chi connectivity index (χ0v) is 6.98. The predicted molar refractivity (Wildman–Crippen MR) is 44.0 cm³/mol. The number of benzene rings is 1. The molecule has 0 saturated carbocycles. The van der Waals surface area contributed by atoms with Gasteiger partial charge in [0.2, 0.25) is 5.78 Å². The molecule has 1 heterocycles. The van der Waals surface area contributed by atoms with Crippen LogP contribution >= 0.6 is 0 Å². The number of fused-ring (bicyclic) bond motifs is 1. The molecule has 13 heavy (non-hydrogen) atoms. The van der Waals surface area contributed by atoms with E-state index in [1.807, 2.05) is 0 Å². The van der Waals surface area contributed by atoms with Crippen molar-refractivity contribution in [1.29, 1.82) is 0 Å². The molecule has 0 fully saturated rings. The summed E-state index contributed by atoms with van der Waals surface area (Å²) in [6, 6.07) is 4.80. The van der Waals surface area contributed by atoms with Crippen LogP contribution in [0.3, 0.4) is 0 Å². The largest absolute Gasteiger partial charge is 0.497 e. The second kappa shape index (κ2) is 2.74. The van der Waals surface area contributed by atoms with Crippen LogP contribution in [0, 0.1) is 0 Å². The summed E-state index contributed by atoms with van der Waals surface area (Å²) in [6.45, 7) is 0. The van der Waals surface area contributed by atoms with Gasteiger partial charge in [-0.2, -0.15) is 0 Å². The van der Waals surface area contributed by atoms with Crippen molar-refractivity contribution in [3.05, 3.63) is 23.8 Å². The van der Waals surface area contributed by atoms with Crippen LogP contribution in [-0.4, -0.2) is 24.3 Å². The number of aliphatic hydroxyl groups is 1. The van der Waals surface area contributed by atoms with Gasteiger partial charge in [0.25, 0.3) is 6.29 Å². The fourth-order valence-corrected chi connectivity index (χ4v) is 1.24. The minimum absolute atomic E-state index is 0.372. The zero-order valence-electron chi connectivity index (χ0n) is 6.98. The quantitative estimate of drug-likeness (QED) is 0.687. The second-order valence-corrected chi connectivity index (χ2v) is 2.70. The molecule has 1 N–H and O–H groups in total. The molecular weight excluding hydrogens is 172 g/mol. The molecule has 1 aromatic rings. The highest BCUT2D eigenvalue weighted by Gasteiger charge is 2.30. The lowest BCUT2D eigenvalue weighted by atomic mass is 10.1. The van der Waals surface area contributed by atoms with E-state index in [9.17, 15) is 4.79 Å². The number of hydrogen-bond acceptors (Lipinski definition) is 4. The molecular formula is C9H8O4. The van der Waals surface area contributed by atoms with Crippen molar-refractivity contribution in [2.24, 2.45) is 0 Å². The molecule has 2 rings (SSSR count). The van der Waals surface area contributed by atoms with E-state index in [2.05, 4.69) is 0 Å². The summed E-state index contributed by atoms with van der Waals surface area (Å²) in [5.74, 6) is 0.565. The van der Waals surface area contributed by atoms with Gasteiger partial charge < -0.3 is 14.6 Å². The number of rotatable bonds is 1. The Hall–Kier alpha value is -1.55. The van der Waals surface area contributed by atoms with Crippen LogP contribution in [0.2, 0.25) is 0 Å². The van der Waals surface area contributed by atoms with Crippen molar-refractivity contribution in [3.63, 3.8) is 0 Å². The number of methoxy groups -OCH3 is 1. The Kier molecular flexibility index (Phi) is 1.70. The van der Waals surface area contributed by atoms with Crippen molar-refractivity contribution >= 4 is 5.78 Å². The molecule has 1 aliphatic rings. The number of carbonyl (C=O) groups excluding carboxylic acids is 1. The summed E-state index contributed by atoms with van der Waals surface area (Å²) in [5, 5.41) is 9.07. The van der Waals surface area contributed by atoms with Crippen LogP contribution in [-0.2, 0) is 0 Å². The van der Waals surface area contributed by atoms with E-state index in [1.165, 1.54) is 7.11 Å². The average Bonchev–Trinajstić information content (AvgIpc) is 2.42. The van der Waals surface area contributed by atoms with E-state index in [0.29, 0.717) is 17.1 Å². The summed E-state index contributed by atoms with van der Waals surface area (Å²) in [4.78, 5) is 11.2. The molecule has 1 aromatic carbocycles. The zero-order chi connectivity index (χ0) is 9.42. The van der Waals surface area contributed by atoms with Crippen molar-refractivity contribution in [2.45, 2.75) is 6.29 Å². The first-order chi connectivity index (χ1) is 6.22. The van der Waals surface area contributed by atoms with Gasteiger partial charge in [-0.15, -0.1) is 0 Å². The second-order valence-electron chi connectivity index (χ2n) is 2.70. The van der Waals surface area contributed by atoms with Crippen molar-refractivity contribution < 1.29 is 19.4 Å². The van der Waals surface area contributed by atoms with Gasteiger partial charge in [-0.1, -0.05) is 0 Å². The van der Waals surface area contributed by atoms with Crippen LogP contribution in [0.15, 0.2) is 18.2 Å². The lowest BCUT2D eigenvalue weighted by molar-refractivity contribution is 0.00860.